The topological polar surface area (TPSA) is 76.2 Å². The molecule has 1 aromatic rings. The molecule has 3 amide bonds. The number of amides is 3. The highest BCUT2D eigenvalue weighted by molar-refractivity contribution is 14.1. The van der Waals surface area contributed by atoms with Crippen molar-refractivity contribution in [3.63, 3.8) is 0 Å². The number of nitrogens with zero attached hydrogens (tertiary/aromatic N) is 2. The highest BCUT2D eigenvalue weighted by Gasteiger charge is 2.37. The Morgan fingerprint density at radius 2 is 1.88 bits per heavy atom. The molecule has 7 nitrogen and oxygen atoms in total. The molecule has 0 spiro atoms. The third-order valence-corrected chi connectivity index (χ3v) is 6.82. The zero-order valence-electron chi connectivity index (χ0n) is 18.7. The SMILES string of the molecule is CCOc1cc(C=C2SC(=O)N(CC(=O)N3CCCCCC3)C2=O)cc(I)c1OC(C)C. The number of carbonyl (C=O) groups excluding carboxylic acids is 3. The second kappa shape index (κ2) is 11.4. The molecule has 0 aromatic heterocycles. The summed E-state index contributed by atoms with van der Waals surface area (Å²) in [5.74, 6) is 0.656. The van der Waals surface area contributed by atoms with Crippen LogP contribution in [0.1, 0.15) is 52.0 Å². The zero-order valence-corrected chi connectivity index (χ0v) is 21.7. The predicted octanol–water partition coefficient (Wildman–Crippen LogP) is 4.92. The lowest BCUT2D eigenvalue weighted by Crippen LogP contribution is -2.42. The summed E-state index contributed by atoms with van der Waals surface area (Å²) in [6, 6.07) is 3.69. The molecule has 2 heterocycles. The van der Waals surface area contributed by atoms with E-state index in [1.807, 2.05) is 26.8 Å². The van der Waals surface area contributed by atoms with Crippen molar-refractivity contribution in [1.82, 2.24) is 9.80 Å². The molecule has 0 N–H and O–H groups in total. The monoisotopic (exact) mass is 572 g/mol. The molecule has 0 unspecified atom stereocenters. The Hall–Kier alpha value is -1.75. The highest BCUT2D eigenvalue weighted by atomic mass is 127. The normalized spacial score (nSPS) is 18.5. The third-order valence-electron chi connectivity index (χ3n) is 5.11. The highest BCUT2D eigenvalue weighted by Crippen LogP contribution is 2.38. The van der Waals surface area contributed by atoms with Gasteiger partial charge < -0.3 is 14.4 Å². The van der Waals surface area contributed by atoms with Crippen molar-refractivity contribution in [2.45, 2.75) is 52.6 Å². The van der Waals surface area contributed by atoms with Gasteiger partial charge in [-0.05, 0) is 91.7 Å². The molecule has 2 aliphatic heterocycles. The Morgan fingerprint density at radius 1 is 1.19 bits per heavy atom. The molecule has 1 aromatic carbocycles. The summed E-state index contributed by atoms with van der Waals surface area (Å²) in [6.45, 7) is 7.44. The zero-order chi connectivity index (χ0) is 23.3. The summed E-state index contributed by atoms with van der Waals surface area (Å²) in [5, 5.41) is -0.413. The first kappa shape index (κ1) is 24.9. The smallest absolute Gasteiger partial charge is 0.294 e. The Kier molecular flexibility index (Phi) is 8.87. The molecule has 0 aliphatic carbocycles. The fourth-order valence-electron chi connectivity index (χ4n) is 3.63. The van der Waals surface area contributed by atoms with Gasteiger partial charge in [-0.2, -0.15) is 0 Å². The van der Waals surface area contributed by atoms with Crippen molar-refractivity contribution >= 4 is 57.5 Å². The minimum atomic E-state index is -0.432. The minimum absolute atomic E-state index is 0.00758. The van der Waals surface area contributed by atoms with Gasteiger partial charge in [0.25, 0.3) is 11.1 Å². The number of thioether (sulfide) groups is 1. The number of benzene rings is 1. The molecule has 9 heteroatoms. The van der Waals surface area contributed by atoms with Crippen molar-refractivity contribution in [3.05, 3.63) is 26.2 Å². The number of carbonyl (C=O) groups is 3. The average Bonchev–Trinajstić information content (AvgIpc) is 2.93. The maximum Gasteiger partial charge on any atom is 0.294 e. The van der Waals surface area contributed by atoms with Crippen molar-refractivity contribution in [3.8, 4) is 11.5 Å². The van der Waals surface area contributed by atoms with Crippen molar-refractivity contribution in [2.75, 3.05) is 26.2 Å². The summed E-state index contributed by atoms with van der Waals surface area (Å²) in [4.78, 5) is 41.2. The molecule has 2 aliphatic rings. The largest absolute Gasteiger partial charge is 0.490 e. The third kappa shape index (κ3) is 6.18. The van der Waals surface area contributed by atoms with E-state index in [9.17, 15) is 14.4 Å². The predicted molar refractivity (Wildman–Crippen MR) is 134 cm³/mol. The maximum atomic E-state index is 12.9. The summed E-state index contributed by atoms with van der Waals surface area (Å²) >= 11 is 3.04. The van der Waals surface area contributed by atoms with Gasteiger partial charge in [-0.25, -0.2) is 0 Å². The molecule has 174 valence electrons. The Bertz CT molecular complexity index is 910. The lowest BCUT2D eigenvalue weighted by atomic mass is 10.1. The van der Waals surface area contributed by atoms with Crippen molar-refractivity contribution in [2.24, 2.45) is 0 Å². The van der Waals surface area contributed by atoms with Gasteiger partial charge in [0.2, 0.25) is 5.91 Å². The van der Waals surface area contributed by atoms with Crippen LogP contribution >= 0.6 is 34.4 Å². The first-order chi connectivity index (χ1) is 15.3. The summed E-state index contributed by atoms with van der Waals surface area (Å²) in [5.41, 5.74) is 0.735. The summed E-state index contributed by atoms with van der Waals surface area (Å²) < 4.78 is 12.5. The second-order valence-electron chi connectivity index (χ2n) is 7.99. The van der Waals surface area contributed by atoms with E-state index in [0.717, 1.165) is 51.5 Å². The number of rotatable bonds is 7. The van der Waals surface area contributed by atoms with E-state index in [2.05, 4.69) is 22.6 Å². The lowest BCUT2D eigenvalue weighted by Gasteiger charge is -2.22. The van der Waals surface area contributed by atoms with E-state index in [4.69, 9.17) is 9.47 Å². The van der Waals surface area contributed by atoms with Crippen LogP contribution in [0, 0.1) is 3.57 Å². The molecule has 2 saturated heterocycles. The number of halogens is 1. The van der Waals surface area contributed by atoms with Gasteiger partial charge in [0.1, 0.15) is 6.54 Å². The molecule has 0 bridgehead atoms. The van der Waals surface area contributed by atoms with Gasteiger partial charge in [0, 0.05) is 13.1 Å². The maximum absolute atomic E-state index is 12.9. The molecule has 0 atom stereocenters. The molecule has 32 heavy (non-hydrogen) atoms. The van der Waals surface area contributed by atoms with Crippen LogP contribution < -0.4 is 9.47 Å². The lowest BCUT2D eigenvalue weighted by molar-refractivity contribution is -0.135. The number of hydrogen-bond acceptors (Lipinski definition) is 6. The van der Waals surface area contributed by atoms with Crippen LogP contribution in [0.15, 0.2) is 17.0 Å². The van der Waals surface area contributed by atoms with Crippen molar-refractivity contribution in [1.29, 1.82) is 0 Å². The van der Waals surface area contributed by atoms with Crippen LogP contribution in [0.3, 0.4) is 0 Å². The van der Waals surface area contributed by atoms with Crippen LogP contribution in [-0.2, 0) is 9.59 Å². The minimum Gasteiger partial charge on any atom is -0.490 e. The van der Waals surface area contributed by atoms with Gasteiger partial charge in [-0.3, -0.25) is 19.3 Å². The van der Waals surface area contributed by atoms with Gasteiger partial charge in [-0.15, -0.1) is 0 Å². The molecular formula is C23H29IN2O5S. The summed E-state index contributed by atoms with van der Waals surface area (Å²) in [6.07, 6.45) is 5.81. The molecule has 0 saturated carbocycles. The van der Waals surface area contributed by atoms with E-state index in [1.54, 1.807) is 17.0 Å². The number of hydrogen-bond donors (Lipinski definition) is 0. The van der Waals surface area contributed by atoms with Crippen LogP contribution in [0.5, 0.6) is 11.5 Å². The number of ether oxygens (including phenoxy) is 2. The van der Waals surface area contributed by atoms with E-state index in [1.165, 1.54) is 0 Å². The Morgan fingerprint density at radius 3 is 2.50 bits per heavy atom. The van der Waals surface area contributed by atoms with Gasteiger partial charge in [0.05, 0.1) is 21.2 Å². The van der Waals surface area contributed by atoms with Crippen LogP contribution in [0.4, 0.5) is 4.79 Å². The molecule has 0 radical (unpaired) electrons. The van der Waals surface area contributed by atoms with E-state index in [0.29, 0.717) is 36.1 Å². The van der Waals surface area contributed by atoms with Crippen LogP contribution in [0.25, 0.3) is 6.08 Å². The van der Waals surface area contributed by atoms with Crippen LogP contribution in [0.2, 0.25) is 0 Å². The van der Waals surface area contributed by atoms with Gasteiger partial charge in [0.15, 0.2) is 11.5 Å². The van der Waals surface area contributed by atoms with Gasteiger partial charge >= 0.3 is 0 Å². The van der Waals surface area contributed by atoms with Crippen LogP contribution in [-0.4, -0.2) is 59.2 Å². The average molecular weight is 572 g/mol. The van der Waals surface area contributed by atoms with E-state index < -0.39 is 11.1 Å². The quantitative estimate of drug-likeness (QED) is 0.341. The van der Waals surface area contributed by atoms with Crippen molar-refractivity contribution < 1.29 is 23.9 Å². The number of likely N-dealkylation sites (tertiary alicyclic amines) is 1. The fourth-order valence-corrected chi connectivity index (χ4v) is 5.22. The Balaban J connectivity index is 1.78. The molecule has 3 rings (SSSR count). The number of imide groups is 1. The molecular weight excluding hydrogens is 543 g/mol. The standard InChI is InChI=1S/C23H29IN2O5S/c1-4-30-18-12-16(11-17(24)21(18)31-15(2)3)13-19-22(28)26(23(29)32-19)14-20(27)25-9-7-5-6-8-10-25/h11-13,15H,4-10,14H2,1-3H3. The van der Waals surface area contributed by atoms with Gasteiger partial charge in [-0.1, -0.05) is 12.8 Å². The fraction of sp³-hybridized carbons (Fsp3) is 0.522. The Labute approximate surface area is 207 Å². The second-order valence-corrected chi connectivity index (χ2v) is 10.1. The molecule has 2 fully saturated rings. The first-order valence-corrected chi connectivity index (χ1v) is 12.9. The van der Waals surface area contributed by atoms with E-state index in [-0.39, 0.29) is 18.6 Å². The first-order valence-electron chi connectivity index (χ1n) is 11.0. The summed E-state index contributed by atoms with van der Waals surface area (Å²) in [7, 11) is 0. The van der Waals surface area contributed by atoms with E-state index >= 15 is 0 Å².